The van der Waals surface area contributed by atoms with Crippen molar-refractivity contribution in [3.63, 3.8) is 0 Å². The van der Waals surface area contributed by atoms with Crippen LogP contribution in [0.15, 0.2) is 0 Å². The van der Waals surface area contributed by atoms with Crippen LogP contribution in [-0.4, -0.2) is 53.1 Å². The lowest BCUT2D eigenvalue weighted by Crippen LogP contribution is -2.53. The van der Waals surface area contributed by atoms with E-state index in [2.05, 4.69) is 0 Å². The van der Waals surface area contributed by atoms with Gasteiger partial charge in [-0.15, -0.1) is 0 Å². The van der Waals surface area contributed by atoms with Crippen LogP contribution in [0.2, 0.25) is 0 Å². The van der Waals surface area contributed by atoms with Gasteiger partial charge in [-0.25, -0.2) is 0 Å². The van der Waals surface area contributed by atoms with Crippen molar-refractivity contribution in [2.45, 2.75) is 44.4 Å². The highest BCUT2D eigenvalue weighted by atomic mass is 16.7. The summed E-state index contributed by atoms with van der Waals surface area (Å²) in [5, 5.41) is 27.9. The Labute approximate surface area is 83.3 Å². The Bertz CT molecular complexity index is 163. The predicted octanol–water partition coefficient (Wildman–Crippen LogP) is -0.758. The van der Waals surface area contributed by atoms with Crippen LogP contribution in [0.25, 0.3) is 0 Å². The van der Waals surface area contributed by atoms with Crippen LogP contribution >= 0.6 is 0 Å². The Hall–Kier alpha value is -0.200. The highest BCUT2D eigenvalue weighted by Crippen LogP contribution is 2.16. The maximum atomic E-state index is 9.45. The van der Waals surface area contributed by atoms with Gasteiger partial charge in [0, 0.05) is 6.61 Å². The fourth-order valence-corrected chi connectivity index (χ4v) is 1.27. The zero-order valence-electron chi connectivity index (χ0n) is 8.30. The summed E-state index contributed by atoms with van der Waals surface area (Å²) >= 11 is 0. The highest BCUT2D eigenvalue weighted by Gasteiger charge is 2.37. The molecule has 0 unspecified atom stereocenters. The molecule has 0 amide bonds. The Morgan fingerprint density at radius 2 is 2.00 bits per heavy atom. The van der Waals surface area contributed by atoms with E-state index in [1.54, 1.807) is 0 Å². The van der Waals surface area contributed by atoms with E-state index in [0.29, 0.717) is 6.61 Å². The molecule has 1 heterocycles. The van der Waals surface area contributed by atoms with Crippen LogP contribution in [0.1, 0.15) is 19.8 Å². The van der Waals surface area contributed by atoms with Crippen LogP contribution in [0, 0.1) is 0 Å². The normalized spacial score (nSPS) is 38.6. The lowest BCUT2D eigenvalue weighted by atomic mass is 10.1. The first-order valence-electron chi connectivity index (χ1n) is 4.94. The standard InChI is InChI=1S/C9H18O5/c1-2-3-4-13-9-8(12)7(11)6(10)5-14-9/h6-12H,2-5H2,1H3/t6-,7-,8+,9-/m0/s1. The number of unbranched alkanes of at least 4 members (excludes halogenated alkanes) is 1. The van der Waals surface area contributed by atoms with E-state index in [1.165, 1.54) is 0 Å². The molecule has 1 aliphatic heterocycles. The van der Waals surface area contributed by atoms with E-state index in [1.807, 2.05) is 6.92 Å². The van der Waals surface area contributed by atoms with Gasteiger partial charge in [-0.1, -0.05) is 13.3 Å². The second kappa shape index (κ2) is 5.63. The molecule has 0 aromatic heterocycles. The van der Waals surface area contributed by atoms with Crippen molar-refractivity contribution in [3.05, 3.63) is 0 Å². The quantitative estimate of drug-likeness (QED) is 0.527. The highest BCUT2D eigenvalue weighted by molar-refractivity contribution is 4.82. The largest absolute Gasteiger partial charge is 0.388 e. The van der Waals surface area contributed by atoms with Gasteiger partial charge in [-0.3, -0.25) is 0 Å². The molecule has 1 aliphatic rings. The summed E-state index contributed by atoms with van der Waals surface area (Å²) in [6.07, 6.45) is -2.33. The Morgan fingerprint density at radius 1 is 1.29 bits per heavy atom. The van der Waals surface area contributed by atoms with Gasteiger partial charge in [-0.2, -0.15) is 0 Å². The molecule has 0 radical (unpaired) electrons. The monoisotopic (exact) mass is 206 g/mol. The van der Waals surface area contributed by atoms with Gasteiger partial charge in [0.05, 0.1) is 6.61 Å². The summed E-state index contributed by atoms with van der Waals surface area (Å²) in [5.41, 5.74) is 0. The van der Waals surface area contributed by atoms with Crippen molar-refractivity contribution < 1.29 is 24.8 Å². The van der Waals surface area contributed by atoms with E-state index in [4.69, 9.17) is 14.6 Å². The molecule has 1 saturated heterocycles. The summed E-state index contributed by atoms with van der Waals surface area (Å²) in [4.78, 5) is 0. The van der Waals surface area contributed by atoms with Crippen molar-refractivity contribution in [1.82, 2.24) is 0 Å². The van der Waals surface area contributed by atoms with E-state index in [9.17, 15) is 10.2 Å². The maximum absolute atomic E-state index is 9.45. The number of ether oxygens (including phenoxy) is 2. The zero-order valence-corrected chi connectivity index (χ0v) is 8.30. The second-order valence-electron chi connectivity index (χ2n) is 3.47. The lowest BCUT2D eigenvalue weighted by Gasteiger charge is -2.34. The fraction of sp³-hybridized carbons (Fsp3) is 1.00. The Balaban J connectivity index is 2.31. The molecule has 0 spiro atoms. The molecule has 14 heavy (non-hydrogen) atoms. The molecule has 5 nitrogen and oxygen atoms in total. The molecular formula is C9H18O5. The van der Waals surface area contributed by atoms with Gasteiger partial charge < -0.3 is 24.8 Å². The molecule has 84 valence electrons. The first-order chi connectivity index (χ1) is 6.66. The Kier molecular flexibility index (Phi) is 4.77. The third-order valence-electron chi connectivity index (χ3n) is 2.23. The van der Waals surface area contributed by atoms with Crippen molar-refractivity contribution in [3.8, 4) is 0 Å². The van der Waals surface area contributed by atoms with Crippen molar-refractivity contribution in [1.29, 1.82) is 0 Å². The SMILES string of the molecule is CCCCO[C@H]1OC[C@H](O)[C@H](O)[C@H]1O. The van der Waals surface area contributed by atoms with Crippen LogP contribution in [0.3, 0.4) is 0 Å². The molecule has 0 aliphatic carbocycles. The minimum absolute atomic E-state index is 0.00494. The predicted molar refractivity (Wildman–Crippen MR) is 48.6 cm³/mol. The summed E-state index contributed by atoms with van der Waals surface area (Å²) in [6.45, 7) is 2.51. The van der Waals surface area contributed by atoms with Gasteiger partial charge in [-0.05, 0) is 6.42 Å². The molecule has 5 heteroatoms. The van der Waals surface area contributed by atoms with E-state index in [0.717, 1.165) is 12.8 Å². The van der Waals surface area contributed by atoms with Gasteiger partial charge in [0.2, 0.25) is 0 Å². The lowest BCUT2D eigenvalue weighted by molar-refractivity contribution is -0.269. The third kappa shape index (κ3) is 2.90. The Morgan fingerprint density at radius 3 is 2.64 bits per heavy atom. The van der Waals surface area contributed by atoms with Gasteiger partial charge >= 0.3 is 0 Å². The summed E-state index contributed by atoms with van der Waals surface area (Å²) in [5.74, 6) is 0. The van der Waals surface area contributed by atoms with Crippen molar-refractivity contribution >= 4 is 0 Å². The molecule has 1 rings (SSSR count). The van der Waals surface area contributed by atoms with Crippen LogP contribution in [-0.2, 0) is 9.47 Å². The maximum Gasteiger partial charge on any atom is 0.186 e. The first-order valence-corrected chi connectivity index (χ1v) is 4.94. The summed E-state index contributed by atoms with van der Waals surface area (Å²) in [7, 11) is 0. The summed E-state index contributed by atoms with van der Waals surface area (Å²) in [6, 6.07) is 0. The molecule has 0 bridgehead atoms. The molecule has 3 N–H and O–H groups in total. The fourth-order valence-electron chi connectivity index (χ4n) is 1.27. The molecule has 4 atom stereocenters. The van der Waals surface area contributed by atoms with Crippen LogP contribution < -0.4 is 0 Å². The van der Waals surface area contributed by atoms with E-state index in [-0.39, 0.29) is 6.61 Å². The minimum Gasteiger partial charge on any atom is -0.388 e. The number of aliphatic hydroxyl groups excluding tert-OH is 3. The zero-order chi connectivity index (χ0) is 10.6. The van der Waals surface area contributed by atoms with Crippen molar-refractivity contribution in [2.24, 2.45) is 0 Å². The second-order valence-corrected chi connectivity index (χ2v) is 3.47. The molecule has 0 aromatic rings. The number of hydrogen-bond donors (Lipinski definition) is 3. The number of rotatable bonds is 4. The average Bonchev–Trinajstić information content (AvgIpc) is 2.18. The first kappa shape index (κ1) is 11.9. The van der Waals surface area contributed by atoms with Gasteiger partial charge in [0.15, 0.2) is 6.29 Å². The van der Waals surface area contributed by atoms with E-state index < -0.39 is 24.6 Å². The van der Waals surface area contributed by atoms with E-state index >= 15 is 0 Å². The molecule has 0 aromatic carbocycles. The number of aliphatic hydroxyl groups is 3. The molecular weight excluding hydrogens is 188 g/mol. The van der Waals surface area contributed by atoms with Crippen LogP contribution in [0.5, 0.6) is 0 Å². The van der Waals surface area contributed by atoms with Crippen LogP contribution in [0.4, 0.5) is 0 Å². The molecule has 1 fully saturated rings. The number of hydrogen-bond acceptors (Lipinski definition) is 5. The van der Waals surface area contributed by atoms with Crippen molar-refractivity contribution in [2.75, 3.05) is 13.2 Å². The summed E-state index contributed by atoms with van der Waals surface area (Å²) < 4.78 is 10.2. The average molecular weight is 206 g/mol. The van der Waals surface area contributed by atoms with Gasteiger partial charge in [0.1, 0.15) is 18.3 Å². The topological polar surface area (TPSA) is 79.2 Å². The smallest absolute Gasteiger partial charge is 0.186 e. The minimum atomic E-state index is -1.18. The van der Waals surface area contributed by atoms with Gasteiger partial charge in [0.25, 0.3) is 0 Å². The third-order valence-corrected chi connectivity index (χ3v) is 2.23. The molecule has 0 saturated carbocycles.